The maximum atomic E-state index is 13.2. The average molecular weight is 723 g/mol. The number of carbonyl (C=O) groups excluding carboxylic acids is 10. The molecule has 0 radical (unpaired) electrons. The van der Waals surface area contributed by atoms with E-state index in [2.05, 4.69) is 18.9 Å². The minimum atomic E-state index is -1.76. The smallest absolute Gasteiger partial charge is 0.310 e. The first kappa shape index (κ1) is 44.7. The second kappa shape index (κ2) is 23.1. The lowest BCUT2D eigenvalue weighted by atomic mass is 10.0. The Morgan fingerprint density at radius 1 is 0.300 bits per heavy atom. The molecule has 0 bridgehead atoms. The zero-order chi connectivity index (χ0) is 38.6. The fraction of sp³-hybridized carbons (Fsp3) is 0.667. The first-order valence-corrected chi connectivity index (χ1v) is 14.7. The van der Waals surface area contributed by atoms with Crippen molar-refractivity contribution in [3.05, 3.63) is 0 Å². The molecule has 0 aliphatic carbocycles. The molecule has 20 nitrogen and oxygen atoms in total. The molecule has 0 fully saturated rings. The minimum absolute atomic E-state index is 0.655. The Bertz CT molecular complexity index is 1150. The van der Waals surface area contributed by atoms with Crippen molar-refractivity contribution in [2.75, 3.05) is 28.4 Å². The SMILES string of the molecule is COC(=O)CC(OC(C)=O)C(CC(=O)OC)OC(=O)CC(OC(C)=O)C(CC(=O)OC(CC(=O)OC)C(CC(=O)OC)OC(C)=O)OC(C)=O. The molecule has 0 aromatic carbocycles. The van der Waals surface area contributed by atoms with Gasteiger partial charge in [-0.1, -0.05) is 0 Å². The molecule has 0 aliphatic heterocycles. The Morgan fingerprint density at radius 2 is 0.460 bits per heavy atom. The van der Waals surface area contributed by atoms with Crippen LogP contribution in [0, 0.1) is 0 Å². The Morgan fingerprint density at radius 3 is 0.620 bits per heavy atom. The van der Waals surface area contributed by atoms with E-state index < -0.39 is 135 Å². The van der Waals surface area contributed by atoms with Gasteiger partial charge in [0.05, 0.1) is 67.0 Å². The summed E-state index contributed by atoms with van der Waals surface area (Å²) in [6, 6.07) is 0. The third-order valence-corrected chi connectivity index (χ3v) is 6.20. The van der Waals surface area contributed by atoms with Gasteiger partial charge < -0.3 is 47.4 Å². The predicted molar refractivity (Wildman–Crippen MR) is 158 cm³/mol. The molecular formula is C30H42O20. The zero-order valence-electron chi connectivity index (χ0n) is 28.9. The van der Waals surface area contributed by atoms with Gasteiger partial charge in [-0.05, 0) is 0 Å². The third kappa shape index (κ3) is 18.9. The van der Waals surface area contributed by atoms with Crippen molar-refractivity contribution >= 4 is 59.7 Å². The van der Waals surface area contributed by atoms with Crippen LogP contribution in [0.25, 0.3) is 0 Å². The monoisotopic (exact) mass is 722 g/mol. The first-order chi connectivity index (χ1) is 23.3. The van der Waals surface area contributed by atoms with Crippen LogP contribution in [0.1, 0.15) is 66.2 Å². The molecule has 0 aromatic heterocycles. The normalized spacial score (nSPS) is 14.0. The molecule has 0 rings (SSSR count). The van der Waals surface area contributed by atoms with Crippen LogP contribution >= 0.6 is 0 Å². The van der Waals surface area contributed by atoms with Crippen LogP contribution in [-0.4, -0.2) is 125 Å². The standard InChI is InChI=1S/C30H42O20/c1-15(31)45-19(9-25(35)41-5)23(11-27(37)43-7)49-29(39)13-21(47-17(3)33)22(48-18(4)34)14-30(40)50-24(12-28(38)44-8)20(46-16(2)32)10-26(36)42-6/h19-24H,9-14H2,1-8H3. The van der Waals surface area contributed by atoms with Crippen LogP contribution < -0.4 is 0 Å². The van der Waals surface area contributed by atoms with Gasteiger partial charge in [-0.2, -0.15) is 0 Å². The maximum absolute atomic E-state index is 13.2. The Balaban J connectivity index is 6.46. The Hall–Kier alpha value is -5.30. The average Bonchev–Trinajstić information content (AvgIpc) is 3.01. The number of hydrogen-bond acceptors (Lipinski definition) is 20. The van der Waals surface area contributed by atoms with Crippen LogP contribution in [0.2, 0.25) is 0 Å². The highest BCUT2D eigenvalue weighted by Gasteiger charge is 2.39. The number of ether oxygens (including phenoxy) is 10. The van der Waals surface area contributed by atoms with Crippen molar-refractivity contribution in [1.29, 1.82) is 0 Å². The number of rotatable bonds is 21. The van der Waals surface area contributed by atoms with Crippen LogP contribution in [0.15, 0.2) is 0 Å². The van der Waals surface area contributed by atoms with Gasteiger partial charge in [0.2, 0.25) is 0 Å². The molecule has 6 unspecified atom stereocenters. The number of hydrogen-bond donors (Lipinski definition) is 0. The highest BCUT2D eigenvalue weighted by atomic mass is 16.6. The lowest BCUT2D eigenvalue weighted by Gasteiger charge is -2.29. The molecule has 0 saturated carbocycles. The van der Waals surface area contributed by atoms with E-state index in [1.165, 1.54) is 0 Å². The number of carbonyl (C=O) groups is 10. The Labute approximate surface area is 286 Å². The summed E-state index contributed by atoms with van der Waals surface area (Å²) in [6.07, 6.45) is -14.5. The summed E-state index contributed by atoms with van der Waals surface area (Å²) >= 11 is 0. The summed E-state index contributed by atoms with van der Waals surface area (Å²) in [5.41, 5.74) is 0. The van der Waals surface area contributed by atoms with Gasteiger partial charge >= 0.3 is 59.7 Å². The molecule has 0 aromatic rings. The van der Waals surface area contributed by atoms with E-state index in [1.807, 2.05) is 0 Å². The molecule has 50 heavy (non-hydrogen) atoms. The second-order valence-corrected chi connectivity index (χ2v) is 10.2. The summed E-state index contributed by atoms with van der Waals surface area (Å²) in [5, 5.41) is 0. The topological polar surface area (TPSA) is 263 Å². The third-order valence-electron chi connectivity index (χ3n) is 6.20. The summed E-state index contributed by atoms with van der Waals surface area (Å²) < 4.78 is 49.4. The van der Waals surface area contributed by atoms with Crippen molar-refractivity contribution < 1.29 is 95.3 Å². The predicted octanol–water partition coefficient (Wildman–Crippen LogP) is -0.431. The molecule has 0 saturated heterocycles. The zero-order valence-corrected chi connectivity index (χ0v) is 28.9. The van der Waals surface area contributed by atoms with Crippen molar-refractivity contribution in [1.82, 2.24) is 0 Å². The van der Waals surface area contributed by atoms with E-state index >= 15 is 0 Å². The van der Waals surface area contributed by atoms with Gasteiger partial charge in [-0.15, -0.1) is 0 Å². The van der Waals surface area contributed by atoms with Gasteiger partial charge in [0.15, 0.2) is 0 Å². The highest BCUT2D eigenvalue weighted by molar-refractivity contribution is 5.77. The summed E-state index contributed by atoms with van der Waals surface area (Å²) in [7, 11) is 4.10. The maximum Gasteiger partial charge on any atom is 0.310 e. The highest BCUT2D eigenvalue weighted by Crippen LogP contribution is 2.22. The summed E-state index contributed by atoms with van der Waals surface area (Å²) in [4.78, 5) is 122. The van der Waals surface area contributed by atoms with E-state index in [0.29, 0.717) is 0 Å². The molecule has 0 spiro atoms. The van der Waals surface area contributed by atoms with Gasteiger partial charge in [-0.3, -0.25) is 47.9 Å². The van der Waals surface area contributed by atoms with Crippen molar-refractivity contribution in [2.24, 2.45) is 0 Å². The van der Waals surface area contributed by atoms with Gasteiger partial charge in [0.25, 0.3) is 0 Å². The van der Waals surface area contributed by atoms with E-state index in [1.54, 1.807) is 0 Å². The molecular weight excluding hydrogens is 680 g/mol. The molecule has 20 heteroatoms. The van der Waals surface area contributed by atoms with Crippen LogP contribution in [0.5, 0.6) is 0 Å². The lowest BCUT2D eigenvalue weighted by molar-refractivity contribution is -0.184. The van der Waals surface area contributed by atoms with Crippen molar-refractivity contribution in [3.8, 4) is 0 Å². The lowest BCUT2D eigenvalue weighted by Crippen LogP contribution is -2.43. The van der Waals surface area contributed by atoms with E-state index in [0.717, 1.165) is 56.1 Å². The number of esters is 10. The van der Waals surface area contributed by atoms with E-state index in [-0.39, 0.29) is 0 Å². The van der Waals surface area contributed by atoms with Crippen LogP contribution in [0.4, 0.5) is 0 Å². The largest absolute Gasteiger partial charge is 0.469 e. The molecule has 0 amide bonds. The molecule has 0 aliphatic rings. The van der Waals surface area contributed by atoms with Crippen LogP contribution in [0.3, 0.4) is 0 Å². The summed E-state index contributed by atoms with van der Waals surface area (Å²) in [6.45, 7) is 3.83. The van der Waals surface area contributed by atoms with Gasteiger partial charge in [0.1, 0.15) is 36.6 Å². The van der Waals surface area contributed by atoms with Crippen LogP contribution in [-0.2, 0) is 95.3 Å². The fourth-order valence-electron chi connectivity index (χ4n) is 4.10. The van der Waals surface area contributed by atoms with E-state index in [9.17, 15) is 47.9 Å². The molecule has 0 N–H and O–H groups in total. The Kier molecular flexibility index (Phi) is 20.7. The van der Waals surface area contributed by atoms with E-state index in [4.69, 9.17) is 28.4 Å². The summed E-state index contributed by atoms with van der Waals surface area (Å²) in [5.74, 6) is -10.1. The molecule has 282 valence electrons. The minimum Gasteiger partial charge on any atom is -0.469 e. The second-order valence-electron chi connectivity index (χ2n) is 10.2. The first-order valence-electron chi connectivity index (χ1n) is 14.7. The van der Waals surface area contributed by atoms with Gasteiger partial charge in [0, 0.05) is 27.7 Å². The molecule has 0 heterocycles. The molecule has 6 atom stereocenters. The van der Waals surface area contributed by atoms with Crippen molar-refractivity contribution in [3.63, 3.8) is 0 Å². The fourth-order valence-corrected chi connectivity index (χ4v) is 4.10. The number of methoxy groups -OCH3 is 4. The quantitative estimate of drug-likeness (QED) is 0.107. The van der Waals surface area contributed by atoms with Crippen molar-refractivity contribution in [2.45, 2.75) is 103 Å². The van der Waals surface area contributed by atoms with Gasteiger partial charge in [-0.25, -0.2) is 0 Å².